The number of nitriles is 1. The molecule has 92 valence electrons. The third kappa shape index (κ3) is 3.91. The molecule has 1 aromatic rings. The lowest BCUT2D eigenvalue weighted by Crippen LogP contribution is -2.31. The number of amides is 1. The maximum Gasteiger partial charge on any atom is 0.237 e. The Bertz CT molecular complexity index is 405. The number of hydrogen-bond donors (Lipinski definition) is 1. The molecule has 0 radical (unpaired) electrons. The zero-order chi connectivity index (χ0) is 12.7. The first-order chi connectivity index (χ1) is 8.19. The zero-order valence-electron chi connectivity index (χ0n) is 10.3. The number of imidazole rings is 1. The third-order valence-electron chi connectivity index (χ3n) is 2.62. The number of aryl methyl sites for hydroxylation is 1. The highest BCUT2D eigenvalue weighted by Gasteiger charge is 2.15. The summed E-state index contributed by atoms with van der Waals surface area (Å²) in [5.41, 5.74) is 0. The highest BCUT2D eigenvalue weighted by atomic mass is 16.1. The number of nitrogens with one attached hydrogen (secondary N) is 1. The largest absolute Gasteiger partial charge is 0.355 e. The number of carbonyl (C=O) groups excluding carboxylic acids is 1. The normalized spacial score (nSPS) is 11.8. The molecule has 0 saturated heterocycles. The van der Waals surface area contributed by atoms with Crippen LogP contribution < -0.4 is 5.32 Å². The standard InChI is InChI=1S/C12H18N4O/c1-3-4-10(9-13)12(17)15-6-5-11-14-7-8-16(11)2/h7-8,10H,3-6H2,1-2H3,(H,15,17). The van der Waals surface area contributed by atoms with Crippen molar-refractivity contribution in [2.24, 2.45) is 13.0 Å². The molecule has 1 unspecified atom stereocenters. The number of carbonyl (C=O) groups is 1. The molecular weight excluding hydrogens is 216 g/mol. The first-order valence-electron chi connectivity index (χ1n) is 5.82. The van der Waals surface area contributed by atoms with E-state index in [2.05, 4.69) is 10.3 Å². The van der Waals surface area contributed by atoms with Gasteiger partial charge in [-0.05, 0) is 6.42 Å². The van der Waals surface area contributed by atoms with Gasteiger partial charge in [0.2, 0.25) is 5.91 Å². The summed E-state index contributed by atoms with van der Waals surface area (Å²) in [5.74, 6) is 0.222. The predicted octanol–water partition coefficient (Wildman–Crippen LogP) is 1.02. The van der Waals surface area contributed by atoms with Crippen molar-refractivity contribution < 1.29 is 4.79 Å². The van der Waals surface area contributed by atoms with Crippen molar-refractivity contribution >= 4 is 5.91 Å². The van der Waals surface area contributed by atoms with Crippen molar-refractivity contribution in [2.75, 3.05) is 6.54 Å². The van der Waals surface area contributed by atoms with Crippen molar-refractivity contribution in [3.05, 3.63) is 18.2 Å². The van der Waals surface area contributed by atoms with E-state index in [0.717, 1.165) is 12.2 Å². The highest BCUT2D eigenvalue weighted by molar-refractivity contribution is 5.80. The van der Waals surface area contributed by atoms with Crippen LogP contribution in [0, 0.1) is 17.2 Å². The summed E-state index contributed by atoms with van der Waals surface area (Å²) in [4.78, 5) is 15.8. The van der Waals surface area contributed by atoms with Crippen molar-refractivity contribution in [3.8, 4) is 6.07 Å². The molecule has 0 fully saturated rings. The van der Waals surface area contributed by atoms with Gasteiger partial charge < -0.3 is 9.88 Å². The van der Waals surface area contributed by atoms with E-state index in [0.29, 0.717) is 19.4 Å². The minimum Gasteiger partial charge on any atom is -0.355 e. The molecule has 1 N–H and O–H groups in total. The summed E-state index contributed by atoms with van der Waals surface area (Å²) in [6.07, 6.45) is 5.73. The van der Waals surface area contributed by atoms with Gasteiger partial charge in [0.1, 0.15) is 11.7 Å². The summed E-state index contributed by atoms with van der Waals surface area (Å²) in [7, 11) is 1.92. The van der Waals surface area contributed by atoms with Crippen LogP contribution in [0.3, 0.4) is 0 Å². The molecule has 5 heteroatoms. The van der Waals surface area contributed by atoms with Crippen LogP contribution in [0.4, 0.5) is 0 Å². The Hall–Kier alpha value is -1.83. The van der Waals surface area contributed by atoms with Gasteiger partial charge >= 0.3 is 0 Å². The van der Waals surface area contributed by atoms with E-state index in [4.69, 9.17) is 5.26 Å². The van der Waals surface area contributed by atoms with E-state index in [1.165, 1.54) is 0 Å². The van der Waals surface area contributed by atoms with Gasteiger partial charge in [-0.1, -0.05) is 13.3 Å². The van der Waals surface area contributed by atoms with E-state index >= 15 is 0 Å². The fraction of sp³-hybridized carbons (Fsp3) is 0.583. The maximum absolute atomic E-state index is 11.6. The zero-order valence-corrected chi connectivity index (χ0v) is 10.3. The molecule has 0 bridgehead atoms. The fourth-order valence-corrected chi connectivity index (χ4v) is 1.60. The number of rotatable bonds is 6. The molecule has 1 heterocycles. The van der Waals surface area contributed by atoms with Crippen molar-refractivity contribution in [1.29, 1.82) is 5.26 Å². The predicted molar refractivity (Wildman–Crippen MR) is 63.9 cm³/mol. The van der Waals surface area contributed by atoms with E-state index in [-0.39, 0.29) is 5.91 Å². The van der Waals surface area contributed by atoms with Gasteiger partial charge in [-0.15, -0.1) is 0 Å². The summed E-state index contributed by atoms with van der Waals surface area (Å²) >= 11 is 0. The van der Waals surface area contributed by atoms with Crippen molar-refractivity contribution in [1.82, 2.24) is 14.9 Å². The summed E-state index contributed by atoms with van der Waals surface area (Å²) in [6, 6.07) is 2.02. The number of nitrogens with zero attached hydrogens (tertiary/aromatic N) is 3. The molecule has 0 aliphatic carbocycles. The van der Waals surface area contributed by atoms with Gasteiger partial charge in [0.05, 0.1) is 6.07 Å². The first kappa shape index (κ1) is 13.2. The average Bonchev–Trinajstić information content (AvgIpc) is 2.72. The Kier molecular flexibility index (Phi) is 5.21. The summed E-state index contributed by atoms with van der Waals surface area (Å²) in [5, 5.41) is 11.6. The van der Waals surface area contributed by atoms with Gasteiger partial charge in [-0.25, -0.2) is 4.98 Å². The van der Waals surface area contributed by atoms with Crippen LogP contribution in [0.1, 0.15) is 25.6 Å². The molecule has 1 amide bonds. The smallest absolute Gasteiger partial charge is 0.237 e. The molecule has 1 atom stereocenters. The lowest BCUT2D eigenvalue weighted by atomic mass is 10.1. The minimum absolute atomic E-state index is 0.177. The Morgan fingerprint density at radius 2 is 2.47 bits per heavy atom. The molecule has 0 aromatic carbocycles. The Labute approximate surface area is 101 Å². The van der Waals surface area contributed by atoms with Gasteiger partial charge in [-0.3, -0.25) is 4.79 Å². The van der Waals surface area contributed by atoms with Crippen molar-refractivity contribution in [3.63, 3.8) is 0 Å². The van der Waals surface area contributed by atoms with Crippen molar-refractivity contribution in [2.45, 2.75) is 26.2 Å². The molecule has 17 heavy (non-hydrogen) atoms. The van der Waals surface area contributed by atoms with Crippen LogP contribution in [0.2, 0.25) is 0 Å². The van der Waals surface area contributed by atoms with Crippen LogP contribution >= 0.6 is 0 Å². The third-order valence-corrected chi connectivity index (χ3v) is 2.62. The van der Waals surface area contributed by atoms with Gasteiger partial charge in [0.15, 0.2) is 0 Å². The molecule has 1 aromatic heterocycles. The average molecular weight is 234 g/mol. The van der Waals surface area contributed by atoms with Crippen LogP contribution in [-0.2, 0) is 18.3 Å². The quantitative estimate of drug-likeness (QED) is 0.798. The topological polar surface area (TPSA) is 70.7 Å². The van der Waals surface area contributed by atoms with Crippen LogP contribution in [0.15, 0.2) is 12.4 Å². The van der Waals surface area contributed by atoms with Gasteiger partial charge in [0.25, 0.3) is 0 Å². The summed E-state index contributed by atoms with van der Waals surface area (Å²) < 4.78 is 1.92. The highest BCUT2D eigenvalue weighted by Crippen LogP contribution is 2.04. The lowest BCUT2D eigenvalue weighted by Gasteiger charge is -2.08. The van der Waals surface area contributed by atoms with Crippen LogP contribution in [-0.4, -0.2) is 22.0 Å². The Balaban J connectivity index is 2.34. The molecule has 5 nitrogen and oxygen atoms in total. The SMILES string of the molecule is CCCC(C#N)C(=O)NCCc1nccn1C. The minimum atomic E-state index is -0.527. The second-order valence-corrected chi connectivity index (χ2v) is 3.97. The molecule has 1 rings (SSSR count). The van der Waals surface area contributed by atoms with Crippen LogP contribution in [0.5, 0.6) is 0 Å². The van der Waals surface area contributed by atoms with E-state index < -0.39 is 5.92 Å². The molecule has 0 aliphatic heterocycles. The molecule has 0 aliphatic rings. The Morgan fingerprint density at radius 3 is 3.00 bits per heavy atom. The summed E-state index contributed by atoms with van der Waals surface area (Å²) in [6.45, 7) is 2.48. The van der Waals surface area contributed by atoms with Gasteiger partial charge in [-0.2, -0.15) is 5.26 Å². The Morgan fingerprint density at radius 1 is 1.71 bits per heavy atom. The van der Waals surface area contributed by atoms with E-state index in [1.54, 1.807) is 6.20 Å². The first-order valence-corrected chi connectivity index (χ1v) is 5.82. The molecule has 0 saturated carbocycles. The number of hydrogen-bond acceptors (Lipinski definition) is 3. The maximum atomic E-state index is 11.6. The fourth-order valence-electron chi connectivity index (χ4n) is 1.60. The van der Waals surface area contributed by atoms with E-state index in [1.807, 2.05) is 30.8 Å². The van der Waals surface area contributed by atoms with Crippen LogP contribution in [0.25, 0.3) is 0 Å². The second kappa shape index (κ2) is 6.69. The lowest BCUT2D eigenvalue weighted by molar-refractivity contribution is -0.123. The van der Waals surface area contributed by atoms with Gasteiger partial charge in [0, 0.05) is 32.4 Å². The monoisotopic (exact) mass is 234 g/mol. The number of aromatic nitrogens is 2. The second-order valence-electron chi connectivity index (χ2n) is 3.97. The van der Waals surface area contributed by atoms with E-state index in [9.17, 15) is 4.79 Å². The molecule has 0 spiro atoms. The molecular formula is C12H18N4O.